The molecule has 12 rings (SSSR count). The summed E-state index contributed by atoms with van der Waals surface area (Å²) in [4.78, 5) is 59.4. The van der Waals surface area contributed by atoms with Crippen LogP contribution in [-0.4, -0.2) is 142 Å². The van der Waals surface area contributed by atoms with Crippen molar-refractivity contribution in [1.82, 2.24) is 21.5 Å². The molecule has 1 unspecified atom stereocenters. The Labute approximate surface area is 550 Å². The van der Waals surface area contributed by atoms with Gasteiger partial charge in [-0.1, -0.05) is 216 Å². The number of nitrogens with zero attached hydrogens (tertiary/aromatic N) is 5. The van der Waals surface area contributed by atoms with E-state index >= 15 is 0 Å². The Morgan fingerprint density at radius 2 is 0.885 bits per heavy atom. The average Bonchev–Trinajstić information content (AvgIpc) is 1.76. The summed E-state index contributed by atoms with van der Waals surface area (Å²) in [5.74, 6) is 1.00. The topological polar surface area (TPSA) is 148 Å². The van der Waals surface area contributed by atoms with E-state index in [-0.39, 0.29) is 77.4 Å². The van der Waals surface area contributed by atoms with Gasteiger partial charge in [0, 0.05) is 85.9 Å². The van der Waals surface area contributed by atoms with Crippen molar-refractivity contribution >= 4 is 136 Å². The van der Waals surface area contributed by atoms with E-state index in [4.69, 9.17) is 70.1 Å². The highest BCUT2D eigenvalue weighted by Gasteiger charge is 2.63. The van der Waals surface area contributed by atoms with Gasteiger partial charge in [-0.25, -0.2) is 0 Å². The van der Waals surface area contributed by atoms with Gasteiger partial charge in [0.15, 0.2) is 24.4 Å². The fraction of sp³-hybridized carbons (Fsp3) is 0.349. The van der Waals surface area contributed by atoms with Crippen LogP contribution >= 0.6 is 106 Å². The zero-order valence-corrected chi connectivity index (χ0v) is 56.0. The fourth-order valence-corrected chi connectivity index (χ4v) is 16.0. The zero-order chi connectivity index (χ0) is 62.5. The maximum absolute atomic E-state index is 12.2. The van der Waals surface area contributed by atoms with Gasteiger partial charge in [-0.2, -0.15) is 0 Å². The van der Waals surface area contributed by atoms with Crippen LogP contribution in [0.5, 0.6) is 0 Å². The van der Waals surface area contributed by atoms with Crippen LogP contribution in [-0.2, 0) is 53.4 Å². The number of β-lactam (4-membered cyclic amide) rings is 5. The van der Waals surface area contributed by atoms with Crippen molar-refractivity contribution in [3.8, 4) is 0 Å². The number of carbonyl (C=O) groups excluding carboxylic acids is 5. The van der Waals surface area contributed by atoms with Crippen LogP contribution < -0.4 is 0 Å². The Bertz CT molecular complexity index is 3270. The molecule has 0 N–H and O–H groups in total. The minimum atomic E-state index is -0.455. The predicted molar refractivity (Wildman–Crippen MR) is 353 cm³/mol. The van der Waals surface area contributed by atoms with Crippen LogP contribution in [0.25, 0.3) is 0 Å². The van der Waals surface area contributed by atoms with Gasteiger partial charge < -0.3 is 23.7 Å². The molecule has 0 bridgehead atoms. The molecule has 6 aliphatic rings. The molecule has 1 spiro atoms. The summed E-state index contributed by atoms with van der Waals surface area (Å²) < 4.78 is 35.1. The Morgan fingerprint density at radius 1 is 0.460 bits per heavy atom. The minimum Gasteiger partial charge on any atom is -0.380 e. The number of methoxy groups -OCH3 is 4. The molecule has 5 amide bonds. The first-order valence-electron chi connectivity index (χ1n) is 27.3. The van der Waals surface area contributed by atoms with Crippen LogP contribution in [0.2, 0.25) is 20.1 Å². The van der Waals surface area contributed by atoms with E-state index in [1.165, 1.54) is 70.9 Å². The van der Waals surface area contributed by atoms with Gasteiger partial charge in [-0.15, -0.1) is 0 Å². The summed E-state index contributed by atoms with van der Waals surface area (Å²) in [6, 6.07) is 50.4. The van der Waals surface area contributed by atoms with Crippen molar-refractivity contribution in [3.05, 3.63) is 211 Å². The van der Waals surface area contributed by atoms with Crippen LogP contribution in [0.3, 0.4) is 0 Å². The molecule has 462 valence electrons. The Kier molecular flexibility index (Phi) is 25.0. The summed E-state index contributed by atoms with van der Waals surface area (Å²) in [6.45, 7) is 1.28. The SMILES string of the molecule is CO[C@H]1C(=O)N(SC)[C@H]1c1ccc(Cl)cc1.CO[C@H]1C(=O)N(SC)[C@H]1c1cccc(Cl)c1.CO[C@H]1C(=O)N(SC)[C@H]1c1ccccc1Cl.CO[C@H]1C(=O)N(SCc2ccccc2)[C@H]1c1ccccc1Cl.CSN1C(=O)C2(CCOC2)[C@@H]1c1ccccc1. The Morgan fingerprint density at radius 3 is 1.34 bits per heavy atom. The third-order valence-electron chi connectivity index (χ3n) is 15.4. The first-order chi connectivity index (χ1) is 42.1. The summed E-state index contributed by atoms with van der Waals surface area (Å²) >= 11 is 31.4. The molecule has 10 atom stereocenters. The highest BCUT2D eigenvalue weighted by molar-refractivity contribution is 7.97. The highest BCUT2D eigenvalue weighted by atomic mass is 35.5. The van der Waals surface area contributed by atoms with Gasteiger partial charge in [-0.05, 0) is 88.1 Å². The molecular formula is C63H67Cl4N5O10S5. The van der Waals surface area contributed by atoms with E-state index in [1.807, 2.05) is 163 Å². The smallest absolute Gasteiger partial charge is 0.264 e. The second kappa shape index (κ2) is 31.9. The second-order valence-corrected chi connectivity index (χ2v) is 25.8. The molecule has 6 heterocycles. The minimum absolute atomic E-state index is 0.0000743. The fourth-order valence-electron chi connectivity index (χ4n) is 11.0. The number of halogens is 4. The van der Waals surface area contributed by atoms with Gasteiger partial charge >= 0.3 is 0 Å². The monoisotopic (exact) mass is 1350 g/mol. The molecule has 6 saturated heterocycles. The molecule has 87 heavy (non-hydrogen) atoms. The van der Waals surface area contributed by atoms with Crippen LogP contribution in [0.1, 0.15) is 70.0 Å². The first-order valence-corrected chi connectivity index (χ1v) is 34.5. The Hall–Kier alpha value is -4.62. The zero-order valence-electron chi connectivity index (χ0n) is 48.9. The van der Waals surface area contributed by atoms with E-state index in [1.54, 1.807) is 45.7 Å². The normalized spacial score (nSPS) is 25.0. The maximum Gasteiger partial charge on any atom is 0.264 e. The van der Waals surface area contributed by atoms with Crippen LogP contribution in [0.15, 0.2) is 158 Å². The maximum atomic E-state index is 12.2. The molecule has 0 radical (unpaired) electrons. The quantitative estimate of drug-likeness (QED) is 0.0668. The van der Waals surface area contributed by atoms with Crippen LogP contribution in [0, 0.1) is 5.41 Å². The molecule has 6 fully saturated rings. The van der Waals surface area contributed by atoms with Gasteiger partial charge in [0.05, 0.1) is 12.6 Å². The first kappa shape index (κ1) is 68.3. The van der Waals surface area contributed by atoms with E-state index in [2.05, 4.69) is 24.3 Å². The third-order valence-corrected chi connectivity index (χ3v) is 20.9. The van der Waals surface area contributed by atoms with E-state index in [0.29, 0.717) is 33.3 Å². The van der Waals surface area contributed by atoms with E-state index in [9.17, 15) is 24.0 Å². The molecule has 6 aliphatic heterocycles. The van der Waals surface area contributed by atoms with Crippen molar-refractivity contribution in [3.63, 3.8) is 0 Å². The molecule has 6 aromatic rings. The lowest BCUT2D eigenvalue weighted by molar-refractivity contribution is -0.160. The van der Waals surface area contributed by atoms with Crippen LogP contribution in [0.4, 0.5) is 0 Å². The molecule has 0 saturated carbocycles. The van der Waals surface area contributed by atoms with Crippen molar-refractivity contribution in [1.29, 1.82) is 0 Å². The van der Waals surface area contributed by atoms with Gasteiger partial charge in [0.1, 0.15) is 29.6 Å². The number of benzene rings is 6. The lowest BCUT2D eigenvalue weighted by Crippen LogP contribution is -2.60. The van der Waals surface area contributed by atoms with Crippen molar-refractivity contribution in [2.24, 2.45) is 5.41 Å². The summed E-state index contributed by atoms with van der Waals surface area (Å²) in [5.41, 5.74) is 6.02. The molecule has 15 nitrogen and oxygen atoms in total. The number of carbonyl (C=O) groups is 5. The molecule has 0 aliphatic carbocycles. The van der Waals surface area contributed by atoms with Gasteiger partial charge in [0.25, 0.3) is 23.6 Å². The number of hydrogen-bond donors (Lipinski definition) is 0. The lowest BCUT2D eigenvalue weighted by atomic mass is 9.69. The lowest BCUT2D eigenvalue weighted by Gasteiger charge is -2.52. The molecular weight excluding hydrogens is 1290 g/mol. The number of ether oxygens (including phenoxy) is 5. The van der Waals surface area contributed by atoms with Crippen molar-refractivity contribution in [2.75, 3.05) is 66.7 Å². The third kappa shape index (κ3) is 14.6. The van der Waals surface area contributed by atoms with E-state index in [0.717, 1.165) is 34.4 Å². The largest absolute Gasteiger partial charge is 0.380 e. The molecule has 6 aromatic carbocycles. The molecule has 24 heteroatoms. The predicted octanol–water partition coefficient (Wildman–Crippen LogP) is 13.9. The van der Waals surface area contributed by atoms with Gasteiger partial charge in [0.2, 0.25) is 5.91 Å². The summed E-state index contributed by atoms with van der Waals surface area (Å²) in [7, 11) is 6.22. The second-order valence-electron chi connectivity index (χ2n) is 20.1. The van der Waals surface area contributed by atoms with E-state index < -0.39 is 12.2 Å². The standard InChI is InChI=1S/C17H16ClNO2S.C13H15NO2S.3C11H12ClNO2S/c1-21-16-15(13-9-5-6-10-14(13)18)19(17(16)20)22-11-12-7-3-2-4-8-12;1-17-14-11(10-5-3-2-4-6-10)13(12(14)15)7-8-16-9-13;1-15-10-9(13(16-2)11(10)14)7-3-5-8(12)6-4-7;1-15-10-9(13(16-2)11(10)14)7-4-3-5-8(12)6-7;1-15-10-9(13(16-2)11(10)14)7-5-3-4-6-8(7)12/h2-10,15-16H,11H2,1H3;2-6,11H,7-9H2,1H3;3*3-6,9-10H,1-2H3/t15-,16+;11-,13?;3*9-,10+/m00000/s1. The average molecular weight is 1360 g/mol. The number of amides is 5. The van der Waals surface area contributed by atoms with Gasteiger partial charge in [-0.3, -0.25) is 45.5 Å². The Balaban J connectivity index is 0.000000142. The summed E-state index contributed by atoms with van der Waals surface area (Å²) in [5, 5.41) is 2.69. The van der Waals surface area contributed by atoms with Crippen molar-refractivity contribution in [2.45, 2.75) is 66.8 Å². The summed E-state index contributed by atoms with van der Waals surface area (Å²) in [6.07, 6.45) is 6.82. The van der Waals surface area contributed by atoms with Crippen molar-refractivity contribution < 1.29 is 47.7 Å². The number of hydrogen-bond acceptors (Lipinski definition) is 15. The highest BCUT2D eigenvalue weighted by Crippen LogP contribution is 2.57. The number of rotatable bonds is 16. The molecule has 0 aromatic heterocycles.